The molecule has 1 aromatic carbocycles. The Morgan fingerprint density at radius 1 is 1.32 bits per heavy atom. The lowest BCUT2D eigenvalue weighted by atomic mass is 10.1. The van der Waals surface area contributed by atoms with Gasteiger partial charge in [-0.15, -0.1) is 11.3 Å². The second-order valence-electron chi connectivity index (χ2n) is 4.92. The third-order valence-corrected chi connectivity index (χ3v) is 4.41. The lowest BCUT2D eigenvalue weighted by molar-refractivity contribution is -0.124. The Kier molecular flexibility index (Phi) is 2.93. The molecule has 1 amide bonds. The van der Waals surface area contributed by atoms with E-state index in [4.69, 9.17) is 10.5 Å². The molecule has 2 N–H and O–H groups in total. The number of nitrogens with two attached hydrogens (primary N) is 1. The van der Waals surface area contributed by atoms with Gasteiger partial charge in [-0.3, -0.25) is 4.79 Å². The van der Waals surface area contributed by atoms with Crippen LogP contribution in [-0.4, -0.2) is 28.5 Å². The van der Waals surface area contributed by atoms with Crippen molar-refractivity contribution in [1.82, 2.24) is 9.97 Å². The molecule has 0 bridgehead atoms. The molecule has 0 saturated carbocycles. The molecule has 0 unspecified atom stereocenters. The number of primary amides is 1. The molecule has 4 rings (SSSR count). The number of ether oxygens (including phenoxy) is 1. The molecule has 110 valence electrons. The average Bonchev–Trinajstić information content (AvgIpc) is 3.02. The van der Waals surface area contributed by atoms with Gasteiger partial charge in [-0.1, -0.05) is 12.1 Å². The summed E-state index contributed by atoms with van der Waals surface area (Å²) in [4.78, 5) is 23.1. The summed E-state index contributed by atoms with van der Waals surface area (Å²) in [5.41, 5.74) is 6.30. The Hall–Kier alpha value is -2.67. The molecule has 0 spiro atoms. The van der Waals surface area contributed by atoms with E-state index in [1.165, 1.54) is 6.33 Å². The van der Waals surface area contributed by atoms with Crippen LogP contribution in [0.25, 0.3) is 10.2 Å². The molecule has 0 fully saturated rings. The molecule has 2 aromatic heterocycles. The number of fused-ring (bicyclic) bond motifs is 2. The Balaban J connectivity index is 1.89. The second-order valence-corrected chi connectivity index (χ2v) is 5.82. The van der Waals surface area contributed by atoms with Crippen LogP contribution in [0.5, 0.6) is 5.75 Å². The summed E-state index contributed by atoms with van der Waals surface area (Å²) in [5, 5.41) is 2.92. The van der Waals surface area contributed by atoms with Gasteiger partial charge in [-0.05, 0) is 23.6 Å². The van der Waals surface area contributed by atoms with Gasteiger partial charge < -0.3 is 15.4 Å². The van der Waals surface area contributed by atoms with Crippen molar-refractivity contribution in [2.24, 2.45) is 5.73 Å². The summed E-state index contributed by atoms with van der Waals surface area (Å²) in [6.07, 6.45) is 0.824. The molecule has 3 aromatic rings. The highest BCUT2D eigenvalue weighted by Gasteiger charge is 2.31. The van der Waals surface area contributed by atoms with Crippen LogP contribution >= 0.6 is 11.3 Å². The van der Waals surface area contributed by atoms with E-state index in [0.29, 0.717) is 12.3 Å². The van der Waals surface area contributed by atoms with Gasteiger partial charge in [-0.25, -0.2) is 9.97 Å². The zero-order valence-corrected chi connectivity index (χ0v) is 12.3. The Bertz CT molecular complexity index is 863. The van der Waals surface area contributed by atoms with Gasteiger partial charge in [0, 0.05) is 0 Å². The lowest BCUT2D eigenvalue weighted by Gasteiger charge is -2.34. The Morgan fingerprint density at radius 3 is 3.05 bits per heavy atom. The van der Waals surface area contributed by atoms with Crippen molar-refractivity contribution in [1.29, 1.82) is 0 Å². The smallest absolute Gasteiger partial charge is 0.260 e. The largest absolute Gasteiger partial charge is 0.477 e. The van der Waals surface area contributed by atoms with Crippen molar-refractivity contribution in [3.05, 3.63) is 42.0 Å². The molecule has 1 atom stereocenters. The summed E-state index contributed by atoms with van der Waals surface area (Å²) in [6, 6.07) is 9.52. The Labute approximate surface area is 130 Å². The zero-order valence-electron chi connectivity index (χ0n) is 11.5. The van der Waals surface area contributed by atoms with E-state index in [1.807, 2.05) is 40.6 Å². The SMILES string of the molecule is NC(=O)[C@H]1CN(c2ncnc3sccc23)c2ccccc2O1. The highest BCUT2D eigenvalue weighted by Crippen LogP contribution is 2.39. The van der Waals surface area contributed by atoms with Crippen LogP contribution in [0.2, 0.25) is 0 Å². The van der Waals surface area contributed by atoms with Crippen molar-refractivity contribution in [2.75, 3.05) is 11.4 Å². The van der Waals surface area contributed by atoms with Gasteiger partial charge in [0.25, 0.3) is 5.91 Å². The first kappa shape index (κ1) is 13.0. The van der Waals surface area contributed by atoms with Crippen molar-refractivity contribution in [3.8, 4) is 5.75 Å². The standard InChI is InChI=1S/C15H12N4O2S/c16-13(20)12-7-19(10-3-1-2-4-11(10)21-12)14-9-5-6-22-15(9)18-8-17-14/h1-6,8,12H,7H2,(H2,16,20)/t12-/m1/s1. The maximum atomic E-state index is 11.6. The summed E-state index contributed by atoms with van der Waals surface area (Å²) >= 11 is 1.55. The number of amides is 1. The average molecular weight is 312 g/mol. The molecule has 3 heterocycles. The molecule has 22 heavy (non-hydrogen) atoms. The van der Waals surface area contributed by atoms with Crippen molar-refractivity contribution >= 4 is 39.0 Å². The fourth-order valence-corrected chi connectivity index (χ4v) is 3.30. The predicted molar refractivity (Wildman–Crippen MR) is 84.5 cm³/mol. The summed E-state index contributed by atoms with van der Waals surface area (Å²) < 4.78 is 5.68. The number of thiophene rings is 1. The monoisotopic (exact) mass is 312 g/mol. The first-order valence-electron chi connectivity index (χ1n) is 6.75. The number of benzene rings is 1. The van der Waals surface area contributed by atoms with Gasteiger partial charge >= 0.3 is 0 Å². The summed E-state index contributed by atoms with van der Waals surface area (Å²) in [6.45, 7) is 0.328. The Morgan fingerprint density at radius 2 is 2.18 bits per heavy atom. The first-order valence-corrected chi connectivity index (χ1v) is 7.63. The van der Waals surface area contributed by atoms with E-state index in [0.717, 1.165) is 21.7 Å². The third kappa shape index (κ3) is 1.98. The van der Waals surface area contributed by atoms with E-state index in [2.05, 4.69) is 9.97 Å². The molecule has 6 nitrogen and oxygen atoms in total. The van der Waals surface area contributed by atoms with Crippen molar-refractivity contribution in [2.45, 2.75) is 6.10 Å². The molecular weight excluding hydrogens is 300 g/mol. The zero-order chi connectivity index (χ0) is 15.1. The first-order chi connectivity index (χ1) is 10.7. The van der Waals surface area contributed by atoms with Gasteiger partial charge in [-0.2, -0.15) is 0 Å². The minimum atomic E-state index is -0.710. The van der Waals surface area contributed by atoms with E-state index in [1.54, 1.807) is 11.3 Å². The van der Waals surface area contributed by atoms with Gasteiger partial charge in [0.2, 0.25) is 0 Å². The number of hydrogen-bond donors (Lipinski definition) is 1. The van der Waals surface area contributed by atoms with E-state index in [-0.39, 0.29) is 0 Å². The van der Waals surface area contributed by atoms with Crippen molar-refractivity contribution in [3.63, 3.8) is 0 Å². The number of para-hydroxylation sites is 2. The van der Waals surface area contributed by atoms with Gasteiger partial charge in [0.15, 0.2) is 6.10 Å². The summed E-state index contributed by atoms with van der Waals surface area (Å²) in [5.74, 6) is 0.892. The molecule has 0 aliphatic carbocycles. The molecular formula is C15H12N4O2S. The quantitative estimate of drug-likeness (QED) is 0.783. The molecule has 1 aliphatic heterocycles. The maximum absolute atomic E-state index is 11.6. The normalized spacial score (nSPS) is 17.1. The van der Waals surface area contributed by atoms with Crippen LogP contribution in [0.15, 0.2) is 42.0 Å². The van der Waals surface area contributed by atoms with Crippen LogP contribution in [0, 0.1) is 0 Å². The fourth-order valence-electron chi connectivity index (χ4n) is 2.58. The topological polar surface area (TPSA) is 81.3 Å². The number of aromatic nitrogens is 2. The maximum Gasteiger partial charge on any atom is 0.260 e. The molecule has 0 radical (unpaired) electrons. The highest BCUT2D eigenvalue weighted by atomic mass is 32.1. The number of anilines is 2. The number of carbonyl (C=O) groups is 1. The minimum absolute atomic E-state index is 0.328. The predicted octanol–water partition coefficient (Wildman–Crippen LogP) is 2.08. The minimum Gasteiger partial charge on any atom is -0.477 e. The number of nitrogens with zero attached hydrogens (tertiary/aromatic N) is 3. The number of rotatable bonds is 2. The third-order valence-electron chi connectivity index (χ3n) is 3.59. The molecule has 0 saturated heterocycles. The van der Waals surface area contributed by atoms with E-state index >= 15 is 0 Å². The van der Waals surface area contributed by atoms with Gasteiger partial charge in [0.1, 0.15) is 22.7 Å². The highest BCUT2D eigenvalue weighted by molar-refractivity contribution is 7.16. The van der Waals surface area contributed by atoms with E-state index in [9.17, 15) is 4.79 Å². The van der Waals surface area contributed by atoms with Crippen LogP contribution in [0.3, 0.4) is 0 Å². The van der Waals surface area contributed by atoms with Crippen molar-refractivity contribution < 1.29 is 9.53 Å². The van der Waals surface area contributed by atoms with Crippen LogP contribution in [0.1, 0.15) is 0 Å². The lowest BCUT2D eigenvalue weighted by Crippen LogP contribution is -2.45. The summed E-state index contributed by atoms with van der Waals surface area (Å²) in [7, 11) is 0. The van der Waals surface area contributed by atoms with Crippen LogP contribution in [-0.2, 0) is 4.79 Å². The number of carbonyl (C=O) groups excluding carboxylic acids is 1. The molecule has 7 heteroatoms. The fraction of sp³-hybridized carbons (Fsp3) is 0.133. The van der Waals surface area contributed by atoms with Gasteiger partial charge in [0.05, 0.1) is 17.6 Å². The van der Waals surface area contributed by atoms with E-state index < -0.39 is 12.0 Å². The molecule has 1 aliphatic rings. The second kappa shape index (κ2) is 4.96. The van der Waals surface area contributed by atoms with Crippen LogP contribution < -0.4 is 15.4 Å². The number of hydrogen-bond acceptors (Lipinski definition) is 6. The van der Waals surface area contributed by atoms with Crippen LogP contribution in [0.4, 0.5) is 11.5 Å².